The molecule has 5 heterocycles. The molecule has 34 heavy (non-hydrogen) atoms. The number of hydrogen-bond donors (Lipinski definition) is 1. The van der Waals surface area contributed by atoms with Crippen molar-refractivity contribution in [1.29, 1.82) is 0 Å². The number of nitrogens with zero attached hydrogens (tertiary/aromatic N) is 7. The molecule has 12 nitrogen and oxygen atoms in total. The lowest BCUT2D eigenvalue weighted by Gasteiger charge is -2.40. The average molecular weight is 485 g/mol. The number of carbonyl (C=O) groups is 3. The van der Waals surface area contributed by atoms with Gasteiger partial charge in [-0.3, -0.25) is 14.9 Å². The van der Waals surface area contributed by atoms with E-state index in [1.54, 1.807) is 42.5 Å². The topological polar surface area (TPSA) is 127 Å². The highest BCUT2D eigenvalue weighted by molar-refractivity contribution is 7.99. The predicted octanol–water partition coefficient (Wildman–Crippen LogP) is 0.168. The second kappa shape index (κ2) is 9.33. The number of piperazine rings is 1. The Hall–Kier alpha value is -3.61. The number of fused-ring (bicyclic) bond motifs is 1. The Kier molecular flexibility index (Phi) is 6.09. The van der Waals surface area contributed by atoms with Crippen LogP contribution in [0.2, 0.25) is 0 Å². The van der Waals surface area contributed by atoms with Crippen LogP contribution in [-0.4, -0.2) is 111 Å². The smallest absolute Gasteiger partial charge is 0.325 e. The molecule has 13 heteroatoms. The minimum Gasteiger partial charge on any atom is -0.459 e. The third kappa shape index (κ3) is 4.18. The number of guanidine groups is 1. The quantitative estimate of drug-likeness (QED) is 0.466. The van der Waals surface area contributed by atoms with Crippen LogP contribution in [0.1, 0.15) is 10.6 Å². The summed E-state index contributed by atoms with van der Waals surface area (Å²) in [5.41, 5.74) is 0. The van der Waals surface area contributed by atoms with E-state index in [1.165, 1.54) is 22.9 Å². The van der Waals surface area contributed by atoms with Gasteiger partial charge in [0.2, 0.25) is 0 Å². The number of thioether (sulfide) groups is 1. The molecule has 2 unspecified atom stereocenters. The van der Waals surface area contributed by atoms with Gasteiger partial charge in [-0.15, -0.1) is 0 Å². The van der Waals surface area contributed by atoms with Crippen molar-refractivity contribution in [2.75, 3.05) is 45.5 Å². The molecule has 4 amide bonds. The van der Waals surface area contributed by atoms with Crippen molar-refractivity contribution in [1.82, 2.24) is 34.9 Å². The molecule has 2 aromatic rings. The molecular weight excluding hydrogens is 460 g/mol. The van der Waals surface area contributed by atoms with E-state index in [2.05, 4.69) is 20.2 Å². The molecule has 0 saturated carbocycles. The van der Waals surface area contributed by atoms with Gasteiger partial charge in [-0.2, -0.15) is 0 Å². The lowest BCUT2D eigenvalue weighted by Crippen LogP contribution is -2.65. The van der Waals surface area contributed by atoms with Gasteiger partial charge in [0.15, 0.2) is 29.1 Å². The largest absolute Gasteiger partial charge is 0.459 e. The van der Waals surface area contributed by atoms with Crippen LogP contribution in [0.15, 0.2) is 51.4 Å². The van der Waals surface area contributed by atoms with Gasteiger partial charge in [0, 0.05) is 57.9 Å². The standard InChI is InChI=1S/C21H24N8O4S/c1-26-16-15(17(30)25-21(26)32)29(11-13-34-19-22-5-3-6-23-19)20(24-16)28-9-7-27(8-10-28)18(31)14-4-2-12-33-14/h2-6,12,15-16H,7-11,13H2,1H3,(H,25,30,32). The van der Waals surface area contributed by atoms with Crippen molar-refractivity contribution in [3.05, 3.63) is 42.6 Å². The van der Waals surface area contributed by atoms with E-state index in [-0.39, 0.29) is 11.8 Å². The lowest BCUT2D eigenvalue weighted by atomic mass is 10.1. The fourth-order valence-electron chi connectivity index (χ4n) is 4.27. The summed E-state index contributed by atoms with van der Waals surface area (Å²) in [7, 11) is 1.64. The number of furan rings is 1. The Morgan fingerprint density at radius 3 is 2.65 bits per heavy atom. The van der Waals surface area contributed by atoms with Crippen LogP contribution in [0.25, 0.3) is 0 Å². The fraction of sp³-hybridized carbons (Fsp3) is 0.429. The molecule has 3 aliphatic heterocycles. The number of urea groups is 1. The van der Waals surface area contributed by atoms with Crippen molar-refractivity contribution in [2.45, 2.75) is 17.4 Å². The molecule has 0 radical (unpaired) electrons. The summed E-state index contributed by atoms with van der Waals surface area (Å²) < 4.78 is 5.24. The summed E-state index contributed by atoms with van der Waals surface area (Å²) in [5, 5.41) is 3.07. The van der Waals surface area contributed by atoms with E-state index < -0.39 is 18.2 Å². The van der Waals surface area contributed by atoms with E-state index in [1.807, 2.05) is 4.90 Å². The molecule has 178 valence electrons. The Balaban J connectivity index is 1.30. The second-order valence-corrected chi connectivity index (χ2v) is 9.08. The maximum absolute atomic E-state index is 12.8. The molecule has 0 aromatic carbocycles. The Morgan fingerprint density at radius 2 is 1.94 bits per heavy atom. The highest BCUT2D eigenvalue weighted by atomic mass is 32.2. The highest BCUT2D eigenvalue weighted by Crippen LogP contribution is 2.27. The number of aliphatic imine (C=N–C) groups is 1. The summed E-state index contributed by atoms with van der Waals surface area (Å²) in [6.45, 7) is 2.61. The molecule has 2 fully saturated rings. The molecule has 0 aliphatic carbocycles. The Bertz CT molecular complexity index is 1090. The number of imide groups is 1. The van der Waals surface area contributed by atoms with Crippen LogP contribution in [0.5, 0.6) is 0 Å². The zero-order valence-corrected chi connectivity index (χ0v) is 19.3. The van der Waals surface area contributed by atoms with Crippen molar-refractivity contribution < 1.29 is 18.8 Å². The van der Waals surface area contributed by atoms with Gasteiger partial charge < -0.3 is 24.0 Å². The zero-order chi connectivity index (χ0) is 23.7. The summed E-state index contributed by atoms with van der Waals surface area (Å²) in [6.07, 6.45) is 4.26. The maximum atomic E-state index is 12.8. The van der Waals surface area contributed by atoms with E-state index in [9.17, 15) is 14.4 Å². The molecule has 5 rings (SSSR count). The molecule has 1 N–H and O–H groups in total. The van der Waals surface area contributed by atoms with Gasteiger partial charge in [-0.05, 0) is 18.2 Å². The minimum absolute atomic E-state index is 0.146. The van der Waals surface area contributed by atoms with E-state index in [4.69, 9.17) is 9.41 Å². The number of amides is 4. The van der Waals surface area contributed by atoms with Crippen LogP contribution in [0, 0.1) is 0 Å². The van der Waals surface area contributed by atoms with Crippen LogP contribution >= 0.6 is 11.8 Å². The van der Waals surface area contributed by atoms with Crippen molar-refractivity contribution in [2.24, 2.45) is 4.99 Å². The van der Waals surface area contributed by atoms with Crippen LogP contribution < -0.4 is 5.32 Å². The first-order valence-electron chi connectivity index (χ1n) is 10.9. The predicted molar refractivity (Wildman–Crippen MR) is 122 cm³/mol. The van der Waals surface area contributed by atoms with Crippen LogP contribution in [0.4, 0.5) is 4.79 Å². The number of hydrogen-bond acceptors (Lipinski definition) is 10. The third-order valence-corrected chi connectivity index (χ3v) is 6.88. The first-order chi connectivity index (χ1) is 16.5. The zero-order valence-electron chi connectivity index (χ0n) is 18.5. The molecule has 0 spiro atoms. The first kappa shape index (κ1) is 22.2. The fourth-order valence-corrected chi connectivity index (χ4v) is 5.02. The first-order valence-corrected chi connectivity index (χ1v) is 11.9. The normalized spacial score (nSPS) is 22.6. The minimum atomic E-state index is -0.613. The van der Waals surface area contributed by atoms with Crippen molar-refractivity contribution >= 4 is 35.6 Å². The Labute approximate surface area is 200 Å². The Morgan fingerprint density at radius 1 is 1.18 bits per heavy atom. The number of rotatable bonds is 5. The van der Waals surface area contributed by atoms with Crippen LogP contribution in [0.3, 0.4) is 0 Å². The molecule has 3 aliphatic rings. The monoisotopic (exact) mass is 484 g/mol. The van der Waals surface area contributed by atoms with Crippen molar-refractivity contribution in [3.63, 3.8) is 0 Å². The number of aromatic nitrogens is 2. The maximum Gasteiger partial charge on any atom is 0.325 e. The molecule has 2 saturated heterocycles. The molecular formula is C21H24N8O4S. The van der Waals surface area contributed by atoms with Crippen LogP contribution in [-0.2, 0) is 4.79 Å². The summed E-state index contributed by atoms with van der Waals surface area (Å²) in [4.78, 5) is 58.1. The summed E-state index contributed by atoms with van der Waals surface area (Å²) in [5.74, 6) is 1.10. The summed E-state index contributed by atoms with van der Waals surface area (Å²) >= 11 is 1.49. The van der Waals surface area contributed by atoms with Gasteiger partial charge in [0.1, 0.15) is 0 Å². The second-order valence-electron chi connectivity index (χ2n) is 8.02. The van der Waals surface area contributed by atoms with Gasteiger partial charge in [-0.1, -0.05) is 11.8 Å². The van der Waals surface area contributed by atoms with E-state index >= 15 is 0 Å². The van der Waals surface area contributed by atoms with E-state index in [0.29, 0.717) is 55.4 Å². The SMILES string of the molecule is CN1C(=O)NC(=O)C2C1N=C(N1CCN(C(=O)c3ccco3)CC1)N2CCSc1ncccn1. The number of nitrogens with one attached hydrogen (secondary N) is 1. The number of likely N-dealkylation sites (N-methyl/N-ethyl adjacent to an activating group) is 1. The molecule has 2 atom stereocenters. The molecule has 2 aromatic heterocycles. The highest BCUT2D eigenvalue weighted by Gasteiger charge is 2.49. The molecule has 0 bridgehead atoms. The van der Waals surface area contributed by atoms with Gasteiger partial charge in [-0.25, -0.2) is 19.8 Å². The van der Waals surface area contributed by atoms with Crippen molar-refractivity contribution in [3.8, 4) is 0 Å². The lowest BCUT2D eigenvalue weighted by molar-refractivity contribution is -0.127. The van der Waals surface area contributed by atoms with Gasteiger partial charge in [0.25, 0.3) is 11.8 Å². The van der Waals surface area contributed by atoms with Gasteiger partial charge >= 0.3 is 6.03 Å². The third-order valence-electron chi connectivity index (χ3n) is 6.03. The van der Waals surface area contributed by atoms with Gasteiger partial charge in [0.05, 0.1) is 6.26 Å². The average Bonchev–Trinajstić information content (AvgIpc) is 3.52. The number of carbonyl (C=O) groups excluding carboxylic acids is 3. The summed E-state index contributed by atoms with van der Waals surface area (Å²) in [6, 6.07) is 4.03. The van der Waals surface area contributed by atoms with E-state index in [0.717, 1.165) is 0 Å².